The molecule has 2 N–H and O–H groups in total. The Morgan fingerprint density at radius 3 is 2.43 bits per heavy atom. The maximum Gasteiger partial charge on any atom is 0.305 e. The minimum Gasteiger partial charge on any atom is -0.497 e. The summed E-state index contributed by atoms with van der Waals surface area (Å²) in [7, 11) is 1.56. The van der Waals surface area contributed by atoms with Crippen molar-refractivity contribution in [3.63, 3.8) is 0 Å². The first-order chi connectivity index (χ1) is 11.0. The van der Waals surface area contributed by atoms with Crippen LogP contribution in [-0.2, 0) is 4.79 Å². The summed E-state index contributed by atoms with van der Waals surface area (Å²) in [6, 6.07) is 13.5. The standard InChI is InChI=1S/C18H19NO4/c1-12-4-3-5-14(10-12)18(22)19-16(11-17(20)21)13-6-8-15(23-2)9-7-13/h3-10,16H,11H2,1-2H3,(H,19,22)(H,20,21)/t16-/m0/s1. The summed E-state index contributed by atoms with van der Waals surface area (Å²) in [5.41, 5.74) is 2.19. The van der Waals surface area contributed by atoms with Crippen LogP contribution in [0.5, 0.6) is 5.75 Å². The normalized spacial score (nSPS) is 11.6. The molecule has 120 valence electrons. The van der Waals surface area contributed by atoms with Gasteiger partial charge < -0.3 is 15.2 Å². The summed E-state index contributed by atoms with van der Waals surface area (Å²) < 4.78 is 5.09. The molecular weight excluding hydrogens is 294 g/mol. The number of nitrogens with one attached hydrogen (secondary N) is 1. The summed E-state index contributed by atoms with van der Waals surface area (Å²) in [4.78, 5) is 23.5. The quantitative estimate of drug-likeness (QED) is 0.859. The van der Waals surface area contributed by atoms with Crippen molar-refractivity contribution >= 4 is 11.9 Å². The average Bonchev–Trinajstić information content (AvgIpc) is 2.54. The molecule has 0 heterocycles. The van der Waals surface area contributed by atoms with Crippen LogP contribution in [0.25, 0.3) is 0 Å². The SMILES string of the molecule is COc1ccc([C@H](CC(=O)O)NC(=O)c2cccc(C)c2)cc1. The van der Waals surface area contributed by atoms with E-state index in [9.17, 15) is 9.59 Å². The van der Waals surface area contributed by atoms with E-state index >= 15 is 0 Å². The lowest BCUT2D eigenvalue weighted by Gasteiger charge is -2.18. The van der Waals surface area contributed by atoms with E-state index in [-0.39, 0.29) is 12.3 Å². The second kappa shape index (κ2) is 7.45. The molecule has 2 aromatic rings. The van der Waals surface area contributed by atoms with Gasteiger partial charge in [0, 0.05) is 5.56 Å². The fraction of sp³-hybridized carbons (Fsp3) is 0.222. The number of aliphatic carboxylic acids is 1. The molecule has 5 nitrogen and oxygen atoms in total. The van der Waals surface area contributed by atoms with Crippen molar-refractivity contribution in [3.05, 3.63) is 65.2 Å². The summed E-state index contributed by atoms with van der Waals surface area (Å²) in [6.45, 7) is 1.90. The van der Waals surface area contributed by atoms with E-state index in [1.807, 2.05) is 13.0 Å². The van der Waals surface area contributed by atoms with Crippen LogP contribution in [0.2, 0.25) is 0 Å². The molecule has 2 rings (SSSR count). The number of aryl methyl sites for hydroxylation is 1. The number of methoxy groups -OCH3 is 1. The minimum absolute atomic E-state index is 0.191. The zero-order valence-electron chi connectivity index (χ0n) is 13.1. The summed E-state index contributed by atoms with van der Waals surface area (Å²) >= 11 is 0. The Bertz CT molecular complexity index is 694. The fourth-order valence-electron chi connectivity index (χ4n) is 2.29. The van der Waals surface area contributed by atoms with Crippen molar-refractivity contribution < 1.29 is 19.4 Å². The Morgan fingerprint density at radius 2 is 1.87 bits per heavy atom. The monoisotopic (exact) mass is 313 g/mol. The Morgan fingerprint density at radius 1 is 1.17 bits per heavy atom. The number of hydrogen-bond acceptors (Lipinski definition) is 3. The van der Waals surface area contributed by atoms with Crippen LogP contribution in [0.1, 0.15) is 33.9 Å². The third kappa shape index (κ3) is 4.57. The van der Waals surface area contributed by atoms with E-state index in [4.69, 9.17) is 9.84 Å². The van der Waals surface area contributed by atoms with Gasteiger partial charge in [0.15, 0.2) is 0 Å². The summed E-state index contributed by atoms with van der Waals surface area (Å²) in [5.74, 6) is -0.598. The summed E-state index contributed by atoms with van der Waals surface area (Å²) in [6.07, 6.45) is -0.191. The molecule has 0 aliphatic rings. The van der Waals surface area contributed by atoms with E-state index in [2.05, 4.69) is 5.32 Å². The second-order valence-corrected chi connectivity index (χ2v) is 5.27. The highest BCUT2D eigenvalue weighted by molar-refractivity contribution is 5.94. The molecule has 0 aliphatic carbocycles. The van der Waals surface area contributed by atoms with E-state index in [1.54, 1.807) is 49.6 Å². The highest BCUT2D eigenvalue weighted by Gasteiger charge is 2.19. The number of amides is 1. The molecule has 0 radical (unpaired) electrons. The zero-order valence-corrected chi connectivity index (χ0v) is 13.1. The van der Waals surface area contributed by atoms with Crippen molar-refractivity contribution in [1.82, 2.24) is 5.32 Å². The van der Waals surface area contributed by atoms with Gasteiger partial charge in [0.2, 0.25) is 0 Å². The number of carbonyl (C=O) groups is 2. The second-order valence-electron chi connectivity index (χ2n) is 5.27. The third-order valence-electron chi connectivity index (χ3n) is 3.48. The van der Waals surface area contributed by atoms with E-state index in [1.165, 1.54) is 0 Å². The van der Waals surface area contributed by atoms with Gasteiger partial charge in [0.1, 0.15) is 5.75 Å². The van der Waals surface area contributed by atoms with Crippen LogP contribution >= 0.6 is 0 Å². The van der Waals surface area contributed by atoms with Gasteiger partial charge in [0.05, 0.1) is 19.6 Å². The number of ether oxygens (including phenoxy) is 1. The van der Waals surface area contributed by atoms with Crippen LogP contribution in [0.3, 0.4) is 0 Å². The zero-order chi connectivity index (χ0) is 16.8. The van der Waals surface area contributed by atoms with Crippen LogP contribution in [0.15, 0.2) is 48.5 Å². The Hall–Kier alpha value is -2.82. The molecule has 0 saturated carbocycles. The van der Waals surface area contributed by atoms with Crippen molar-refractivity contribution in [2.75, 3.05) is 7.11 Å². The van der Waals surface area contributed by atoms with Gasteiger partial charge in [0.25, 0.3) is 5.91 Å². The lowest BCUT2D eigenvalue weighted by atomic mass is 10.0. The van der Waals surface area contributed by atoms with Crippen molar-refractivity contribution in [1.29, 1.82) is 0 Å². The molecule has 2 aromatic carbocycles. The summed E-state index contributed by atoms with van der Waals surface area (Å²) in [5, 5.41) is 11.9. The maximum absolute atomic E-state index is 12.4. The maximum atomic E-state index is 12.4. The molecule has 5 heteroatoms. The first-order valence-electron chi connectivity index (χ1n) is 7.23. The van der Waals surface area contributed by atoms with E-state index in [0.29, 0.717) is 16.9 Å². The van der Waals surface area contributed by atoms with Crippen LogP contribution < -0.4 is 10.1 Å². The minimum atomic E-state index is -0.977. The van der Waals surface area contributed by atoms with Crippen LogP contribution in [0.4, 0.5) is 0 Å². The van der Waals surface area contributed by atoms with Crippen molar-refractivity contribution in [3.8, 4) is 5.75 Å². The topological polar surface area (TPSA) is 75.6 Å². The number of benzene rings is 2. The van der Waals surface area contributed by atoms with Gasteiger partial charge in [-0.25, -0.2) is 0 Å². The van der Waals surface area contributed by atoms with Gasteiger partial charge >= 0.3 is 5.97 Å². The number of carboxylic acid groups (broad SMARTS) is 1. The highest BCUT2D eigenvalue weighted by atomic mass is 16.5. The number of hydrogen-bond donors (Lipinski definition) is 2. The van der Waals surface area contributed by atoms with Crippen LogP contribution in [-0.4, -0.2) is 24.1 Å². The molecule has 0 fully saturated rings. The molecule has 1 amide bonds. The Kier molecular flexibility index (Phi) is 5.36. The van der Waals surface area contributed by atoms with Gasteiger partial charge in [-0.2, -0.15) is 0 Å². The molecule has 0 unspecified atom stereocenters. The molecule has 0 aliphatic heterocycles. The molecule has 0 spiro atoms. The predicted octanol–water partition coefficient (Wildman–Crippen LogP) is 2.95. The Labute approximate surface area is 134 Å². The number of rotatable bonds is 6. The highest BCUT2D eigenvalue weighted by Crippen LogP contribution is 2.21. The van der Waals surface area contributed by atoms with Crippen molar-refractivity contribution in [2.24, 2.45) is 0 Å². The van der Waals surface area contributed by atoms with Gasteiger partial charge in [-0.15, -0.1) is 0 Å². The predicted molar refractivity (Wildman–Crippen MR) is 86.6 cm³/mol. The molecule has 0 aromatic heterocycles. The number of carboxylic acids is 1. The molecule has 0 bridgehead atoms. The molecule has 0 saturated heterocycles. The third-order valence-corrected chi connectivity index (χ3v) is 3.48. The average molecular weight is 313 g/mol. The number of carbonyl (C=O) groups excluding carboxylic acids is 1. The lowest BCUT2D eigenvalue weighted by Crippen LogP contribution is -2.30. The van der Waals surface area contributed by atoms with Gasteiger partial charge in [-0.1, -0.05) is 29.8 Å². The molecular formula is C18H19NO4. The smallest absolute Gasteiger partial charge is 0.305 e. The first-order valence-corrected chi connectivity index (χ1v) is 7.23. The first kappa shape index (κ1) is 16.5. The largest absolute Gasteiger partial charge is 0.497 e. The molecule has 23 heavy (non-hydrogen) atoms. The molecule has 1 atom stereocenters. The van der Waals surface area contributed by atoms with E-state index < -0.39 is 12.0 Å². The van der Waals surface area contributed by atoms with Crippen LogP contribution in [0, 0.1) is 6.92 Å². The fourth-order valence-corrected chi connectivity index (χ4v) is 2.29. The van der Waals surface area contributed by atoms with Gasteiger partial charge in [-0.3, -0.25) is 9.59 Å². The van der Waals surface area contributed by atoms with Crippen molar-refractivity contribution in [2.45, 2.75) is 19.4 Å². The lowest BCUT2D eigenvalue weighted by molar-refractivity contribution is -0.137. The Balaban J connectivity index is 2.20. The van der Waals surface area contributed by atoms with Gasteiger partial charge in [-0.05, 0) is 36.8 Å². The van der Waals surface area contributed by atoms with E-state index in [0.717, 1.165) is 5.56 Å².